The molecule has 8 heteroatoms. The highest BCUT2D eigenvalue weighted by molar-refractivity contribution is 7.16. The molecule has 2 aromatic carbocycles. The minimum atomic E-state index is -1.20. The summed E-state index contributed by atoms with van der Waals surface area (Å²) in [5, 5.41) is 0.580. The molecule has 0 spiro atoms. The molecule has 3 aromatic rings. The quantitative estimate of drug-likeness (QED) is 0.547. The van der Waals surface area contributed by atoms with Gasteiger partial charge < -0.3 is 14.0 Å². The Morgan fingerprint density at radius 3 is 2.52 bits per heavy atom. The zero-order valence-electron chi connectivity index (χ0n) is 16.3. The van der Waals surface area contributed by atoms with Crippen LogP contribution in [0.4, 0.5) is 0 Å². The second-order valence-corrected chi connectivity index (χ2v) is 8.17. The van der Waals surface area contributed by atoms with E-state index in [9.17, 15) is 9.59 Å². The highest BCUT2D eigenvalue weighted by Crippen LogP contribution is 2.22. The van der Waals surface area contributed by atoms with E-state index in [1.54, 1.807) is 49.6 Å². The number of amides is 1. The van der Waals surface area contributed by atoms with Gasteiger partial charge in [0.05, 0.1) is 16.8 Å². The van der Waals surface area contributed by atoms with E-state index in [2.05, 4.69) is 4.99 Å². The molecular weight excluding hydrogens is 412 g/mol. The van der Waals surface area contributed by atoms with Crippen molar-refractivity contribution in [2.75, 3.05) is 6.61 Å². The van der Waals surface area contributed by atoms with Gasteiger partial charge in [0.2, 0.25) is 0 Å². The molecule has 0 aliphatic carbocycles. The maximum atomic E-state index is 12.9. The summed E-state index contributed by atoms with van der Waals surface area (Å²) in [7, 11) is 0. The summed E-state index contributed by atoms with van der Waals surface area (Å²) < 4.78 is 13.5. The van der Waals surface area contributed by atoms with Gasteiger partial charge >= 0.3 is 5.97 Å². The molecule has 1 heterocycles. The second kappa shape index (κ2) is 8.80. The van der Waals surface area contributed by atoms with Crippen LogP contribution in [0.2, 0.25) is 5.02 Å². The number of carbonyl (C=O) groups excluding carboxylic acids is 2. The van der Waals surface area contributed by atoms with Gasteiger partial charge in [-0.1, -0.05) is 35.1 Å². The molecule has 0 saturated heterocycles. The molecule has 0 atom stereocenters. The molecule has 0 unspecified atom stereocenters. The number of esters is 1. The first-order valence-corrected chi connectivity index (χ1v) is 10.3. The van der Waals surface area contributed by atoms with Crippen LogP contribution < -0.4 is 9.54 Å². The number of carbonyl (C=O) groups is 2. The van der Waals surface area contributed by atoms with Crippen LogP contribution in [0.25, 0.3) is 10.2 Å². The maximum Gasteiger partial charge on any atom is 0.326 e. The molecule has 6 nitrogen and oxygen atoms in total. The van der Waals surface area contributed by atoms with Crippen LogP contribution in [-0.4, -0.2) is 28.7 Å². The van der Waals surface area contributed by atoms with Crippen molar-refractivity contribution in [3.8, 4) is 5.75 Å². The van der Waals surface area contributed by atoms with Crippen LogP contribution in [0.5, 0.6) is 5.75 Å². The first-order valence-electron chi connectivity index (χ1n) is 9.08. The normalized spacial score (nSPS) is 12.2. The van der Waals surface area contributed by atoms with E-state index in [0.29, 0.717) is 15.6 Å². The van der Waals surface area contributed by atoms with Crippen molar-refractivity contribution in [2.24, 2.45) is 4.99 Å². The number of para-hydroxylation sites is 1. The summed E-state index contributed by atoms with van der Waals surface area (Å²) in [6.07, 6.45) is 0. The van der Waals surface area contributed by atoms with Gasteiger partial charge in [0.1, 0.15) is 12.3 Å². The number of hydrogen-bond donors (Lipinski definition) is 0. The third-order valence-corrected chi connectivity index (χ3v) is 5.39. The van der Waals surface area contributed by atoms with Gasteiger partial charge in [-0.15, -0.1) is 0 Å². The summed E-state index contributed by atoms with van der Waals surface area (Å²) in [6.45, 7) is 5.31. The van der Waals surface area contributed by atoms with E-state index < -0.39 is 11.5 Å². The zero-order chi connectivity index (χ0) is 21.0. The van der Waals surface area contributed by atoms with Gasteiger partial charge in [-0.05, 0) is 57.2 Å². The van der Waals surface area contributed by atoms with Crippen LogP contribution in [-0.2, 0) is 20.9 Å². The van der Waals surface area contributed by atoms with E-state index in [-0.39, 0.29) is 19.1 Å². The van der Waals surface area contributed by atoms with Crippen molar-refractivity contribution < 1.29 is 19.1 Å². The molecule has 152 valence electrons. The van der Waals surface area contributed by atoms with E-state index in [1.807, 2.05) is 24.3 Å². The number of ether oxygens (including phenoxy) is 2. The number of benzene rings is 2. The van der Waals surface area contributed by atoms with Crippen LogP contribution >= 0.6 is 22.9 Å². The lowest BCUT2D eigenvalue weighted by atomic mass is 10.1. The van der Waals surface area contributed by atoms with Crippen molar-refractivity contribution in [2.45, 2.75) is 32.9 Å². The lowest BCUT2D eigenvalue weighted by Gasteiger charge is -2.22. The topological polar surface area (TPSA) is 69.9 Å². The van der Waals surface area contributed by atoms with Crippen LogP contribution in [0.15, 0.2) is 53.5 Å². The van der Waals surface area contributed by atoms with Gasteiger partial charge in [-0.2, -0.15) is 4.99 Å². The summed E-state index contributed by atoms with van der Waals surface area (Å²) >= 11 is 7.22. The molecule has 0 N–H and O–H groups in total. The summed E-state index contributed by atoms with van der Waals surface area (Å²) in [5.74, 6) is -0.336. The average Bonchev–Trinajstić information content (AvgIpc) is 3.01. The second-order valence-electron chi connectivity index (χ2n) is 6.73. The molecule has 0 saturated carbocycles. The molecule has 0 bridgehead atoms. The van der Waals surface area contributed by atoms with Gasteiger partial charge in [-0.3, -0.25) is 9.59 Å². The van der Waals surface area contributed by atoms with Crippen molar-refractivity contribution >= 4 is 45.0 Å². The van der Waals surface area contributed by atoms with E-state index in [1.165, 1.54) is 11.3 Å². The third kappa shape index (κ3) is 5.05. The SMILES string of the molecule is CCOC(=O)Cn1c(=NC(=O)C(C)(C)Oc2ccc(Cl)cc2)sc2ccccc21. The largest absolute Gasteiger partial charge is 0.478 e. The number of fused-ring (bicyclic) bond motifs is 1. The average molecular weight is 433 g/mol. The Bertz CT molecular complexity index is 1100. The fourth-order valence-corrected chi connectivity index (χ4v) is 3.81. The maximum absolute atomic E-state index is 12.9. The van der Waals surface area contributed by atoms with E-state index in [4.69, 9.17) is 21.1 Å². The first-order chi connectivity index (χ1) is 13.8. The van der Waals surface area contributed by atoms with Crippen molar-refractivity contribution in [3.05, 3.63) is 58.4 Å². The molecule has 29 heavy (non-hydrogen) atoms. The number of nitrogens with zero attached hydrogens (tertiary/aromatic N) is 2. The number of halogens is 1. The van der Waals surface area contributed by atoms with E-state index >= 15 is 0 Å². The molecule has 0 radical (unpaired) electrons. The Balaban J connectivity index is 1.96. The van der Waals surface area contributed by atoms with Gasteiger partial charge in [0, 0.05) is 5.02 Å². The van der Waals surface area contributed by atoms with Crippen molar-refractivity contribution in [3.63, 3.8) is 0 Å². The summed E-state index contributed by atoms with van der Waals surface area (Å²) in [4.78, 5) is 29.7. The Morgan fingerprint density at radius 2 is 1.83 bits per heavy atom. The smallest absolute Gasteiger partial charge is 0.326 e. The fourth-order valence-electron chi connectivity index (χ4n) is 2.66. The Hall–Kier alpha value is -2.64. The van der Waals surface area contributed by atoms with Crippen molar-refractivity contribution in [1.82, 2.24) is 4.57 Å². The van der Waals surface area contributed by atoms with Crippen LogP contribution in [0.1, 0.15) is 20.8 Å². The number of rotatable bonds is 6. The number of hydrogen-bond acceptors (Lipinski definition) is 5. The Kier molecular flexibility index (Phi) is 6.39. The molecule has 1 amide bonds. The van der Waals surface area contributed by atoms with Crippen molar-refractivity contribution in [1.29, 1.82) is 0 Å². The fraction of sp³-hybridized carbons (Fsp3) is 0.286. The highest BCUT2D eigenvalue weighted by Gasteiger charge is 2.30. The summed E-state index contributed by atoms with van der Waals surface area (Å²) in [6, 6.07) is 14.3. The molecule has 1 aromatic heterocycles. The molecule has 0 aliphatic heterocycles. The number of thiazole rings is 1. The Morgan fingerprint density at radius 1 is 1.14 bits per heavy atom. The standard InChI is InChI=1S/C21H21ClN2O4S/c1-4-27-18(25)13-24-16-7-5-6-8-17(16)29-20(24)23-19(26)21(2,3)28-15-11-9-14(22)10-12-15/h5-12H,4,13H2,1-3H3. The monoisotopic (exact) mass is 432 g/mol. The number of aromatic nitrogens is 1. The lowest BCUT2D eigenvalue weighted by Crippen LogP contribution is -2.38. The van der Waals surface area contributed by atoms with Gasteiger partial charge in [-0.25, -0.2) is 0 Å². The zero-order valence-corrected chi connectivity index (χ0v) is 17.9. The van der Waals surface area contributed by atoms with E-state index in [0.717, 1.165) is 10.2 Å². The lowest BCUT2D eigenvalue weighted by molar-refractivity contribution is -0.143. The highest BCUT2D eigenvalue weighted by atomic mass is 35.5. The Labute approximate surface area is 177 Å². The minimum absolute atomic E-state index is 0.0254. The van der Waals surface area contributed by atoms with Gasteiger partial charge in [0.25, 0.3) is 5.91 Å². The van der Waals surface area contributed by atoms with Gasteiger partial charge in [0.15, 0.2) is 10.4 Å². The summed E-state index contributed by atoms with van der Waals surface area (Å²) in [5.41, 5.74) is -0.389. The first kappa shape index (κ1) is 21.1. The minimum Gasteiger partial charge on any atom is -0.478 e. The predicted octanol–water partition coefficient (Wildman–Crippen LogP) is 4.20. The molecule has 0 fully saturated rings. The molecule has 3 rings (SSSR count). The molecular formula is C21H21ClN2O4S. The molecule has 0 aliphatic rings. The van der Waals surface area contributed by atoms with Crippen LogP contribution in [0.3, 0.4) is 0 Å². The predicted molar refractivity (Wildman–Crippen MR) is 113 cm³/mol. The third-order valence-electron chi connectivity index (χ3n) is 4.08. The van der Waals surface area contributed by atoms with Crippen LogP contribution in [0, 0.1) is 0 Å².